The molecule has 0 radical (unpaired) electrons. The van der Waals surface area contributed by atoms with E-state index < -0.39 is 0 Å². The third kappa shape index (κ3) is 2.75. The third-order valence-corrected chi connectivity index (χ3v) is 4.97. The topological polar surface area (TPSA) is 54.9 Å². The minimum absolute atomic E-state index is 0.231. The lowest BCUT2D eigenvalue weighted by atomic mass is 9.98. The van der Waals surface area contributed by atoms with Crippen LogP contribution in [0.15, 0.2) is 27.4 Å². The van der Waals surface area contributed by atoms with E-state index in [9.17, 15) is 9.90 Å². The fraction of sp³-hybridized carbons (Fsp3) is 0.500. The number of aryl methyl sites for hydroxylation is 1. The normalized spacial score (nSPS) is 22.1. The van der Waals surface area contributed by atoms with E-state index in [2.05, 4.69) is 6.92 Å². The maximum absolute atomic E-state index is 11.7. The first-order chi connectivity index (χ1) is 10.6. The number of phenols is 1. The van der Waals surface area contributed by atoms with Gasteiger partial charge in [-0.3, -0.25) is 0 Å². The van der Waals surface area contributed by atoms with Crippen LogP contribution in [0, 0.1) is 6.92 Å². The molecule has 2 N–H and O–H groups in total. The van der Waals surface area contributed by atoms with Crippen molar-refractivity contribution in [3.05, 3.63) is 39.7 Å². The number of likely N-dealkylation sites (tertiary alicyclic amines) is 1. The number of fused-ring (bicyclic) bond motifs is 1. The van der Waals surface area contributed by atoms with Crippen molar-refractivity contribution in [2.24, 2.45) is 0 Å². The van der Waals surface area contributed by atoms with Gasteiger partial charge >= 0.3 is 5.63 Å². The van der Waals surface area contributed by atoms with Gasteiger partial charge < -0.3 is 14.4 Å². The van der Waals surface area contributed by atoms with Gasteiger partial charge in [-0.2, -0.15) is 0 Å². The van der Waals surface area contributed by atoms with Gasteiger partial charge in [0.1, 0.15) is 12.3 Å². The summed E-state index contributed by atoms with van der Waals surface area (Å²) in [4.78, 5) is 13.2. The van der Waals surface area contributed by atoms with Crippen LogP contribution >= 0.6 is 0 Å². The van der Waals surface area contributed by atoms with E-state index in [1.807, 2.05) is 13.0 Å². The van der Waals surface area contributed by atoms with E-state index in [0.717, 1.165) is 29.5 Å². The predicted octanol–water partition coefficient (Wildman–Crippen LogP) is 2.15. The second-order valence-electron chi connectivity index (χ2n) is 6.37. The van der Waals surface area contributed by atoms with Gasteiger partial charge in [0.25, 0.3) is 0 Å². The Morgan fingerprint density at radius 3 is 2.95 bits per heavy atom. The van der Waals surface area contributed by atoms with Crippen molar-refractivity contribution < 1.29 is 14.4 Å². The predicted molar refractivity (Wildman–Crippen MR) is 86.3 cm³/mol. The summed E-state index contributed by atoms with van der Waals surface area (Å²) in [6.07, 6.45) is 4.89. The standard InChI is InChI=1S/C18H23NO3/c1-3-13-6-4-5-9-19(13)11-15-16(20)8-7-14-12(2)10-17(21)22-18(14)15/h7-8,10,13,20H,3-6,9,11H2,1-2H3/p+1/t13-/m1/s1. The summed E-state index contributed by atoms with van der Waals surface area (Å²) < 4.78 is 5.44. The van der Waals surface area contributed by atoms with Crippen LogP contribution in [0.1, 0.15) is 43.7 Å². The lowest BCUT2D eigenvalue weighted by molar-refractivity contribution is -0.944. The summed E-state index contributed by atoms with van der Waals surface area (Å²) in [6, 6.07) is 5.68. The second-order valence-corrected chi connectivity index (χ2v) is 6.37. The fourth-order valence-corrected chi connectivity index (χ4v) is 3.70. The van der Waals surface area contributed by atoms with Gasteiger partial charge in [-0.25, -0.2) is 4.79 Å². The molecule has 2 aromatic rings. The summed E-state index contributed by atoms with van der Waals surface area (Å²) in [5.74, 6) is 0.231. The molecule has 4 heteroatoms. The molecule has 3 rings (SSSR count). The Kier molecular flexibility index (Phi) is 4.21. The largest absolute Gasteiger partial charge is 0.507 e. The molecule has 0 spiro atoms. The molecule has 118 valence electrons. The van der Waals surface area contributed by atoms with Gasteiger partial charge in [0, 0.05) is 11.5 Å². The highest BCUT2D eigenvalue weighted by molar-refractivity contribution is 5.84. The molecule has 1 unspecified atom stereocenters. The molecule has 1 aromatic carbocycles. The molecule has 1 aliphatic rings. The summed E-state index contributed by atoms with van der Waals surface area (Å²) in [6.45, 7) is 5.96. The number of piperidine rings is 1. The minimum Gasteiger partial charge on any atom is -0.507 e. The maximum Gasteiger partial charge on any atom is 0.336 e. The van der Waals surface area contributed by atoms with E-state index in [0.29, 0.717) is 18.2 Å². The minimum atomic E-state index is -0.350. The van der Waals surface area contributed by atoms with Gasteiger partial charge in [-0.1, -0.05) is 6.92 Å². The molecule has 0 aliphatic carbocycles. The number of nitrogens with one attached hydrogen (secondary N) is 1. The molecule has 0 amide bonds. The molecule has 1 aromatic heterocycles. The number of rotatable bonds is 3. The highest BCUT2D eigenvalue weighted by atomic mass is 16.4. The summed E-state index contributed by atoms with van der Waals surface area (Å²) in [7, 11) is 0. The molecule has 4 nitrogen and oxygen atoms in total. The van der Waals surface area contributed by atoms with E-state index in [4.69, 9.17) is 4.42 Å². The SMILES string of the molecule is CC[C@@H]1CCCC[NH+]1Cc1c(O)ccc2c(C)cc(=O)oc12. The Labute approximate surface area is 130 Å². The summed E-state index contributed by atoms with van der Waals surface area (Å²) >= 11 is 0. The lowest BCUT2D eigenvalue weighted by Gasteiger charge is -2.32. The summed E-state index contributed by atoms with van der Waals surface area (Å²) in [5, 5.41) is 11.2. The molecule has 0 saturated carbocycles. The Morgan fingerprint density at radius 1 is 1.36 bits per heavy atom. The average molecular weight is 302 g/mol. The number of quaternary nitrogens is 1. The van der Waals surface area contributed by atoms with E-state index in [1.165, 1.54) is 30.2 Å². The first-order valence-corrected chi connectivity index (χ1v) is 8.20. The van der Waals surface area contributed by atoms with Crippen molar-refractivity contribution in [1.82, 2.24) is 0 Å². The zero-order valence-corrected chi connectivity index (χ0v) is 13.3. The van der Waals surface area contributed by atoms with Gasteiger partial charge in [0.15, 0.2) is 5.58 Å². The molecule has 1 saturated heterocycles. The van der Waals surface area contributed by atoms with Gasteiger partial charge in [-0.05, 0) is 50.3 Å². The number of aromatic hydroxyl groups is 1. The number of benzene rings is 1. The molecule has 0 bridgehead atoms. The molecule has 2 atom stereocenters. The highest BCUT2D eigenvalue weighted by Crippen LogP contribution is 2.27. The second kappa shape index (κ2) is 6.13. The molecule has 2 heterocycles. The maximum atomic E-state index is 11.7. The van der Waals surface area contributed by atoms with Crippen molar-refractivity contribution >= 4 is 11.0 Å². The zero-order chi connectivity index (χ0) is 15.7. The van der Waals surface area contributed by atoms with Crippen LogP contribution in [0.2, 0.25) is 0 Å². The molecule has 22 heavy (non-hydrogen) atoms. The number of hydrogen-bond acceptors (Lipinski definition) is 3. The third-order valence-electron chi connectivity index (χ3n) is 4.97. The van der Waals surface area contributed by atoms with Crippen molar-refractivity contribution in [3.63, 3.8) is 0 Å². The van der Waals surface area contributed by atoms with Crippen LogP contribution in [0.4, 0.5) is 0 Å². The Morgan fingerprint density at radius 2 is 2.18 bits per heavy atom. The van der Waals surface area contributed by atoms with E-state index in [1.54, 1.807) is 6.07 Å². The van der Waals surface area contributed by atoms with Crippen LogP contribution in [0.3, 0.4) is 0 Å². The lowest BCUT2D eigenvalue weighted by Crippen LogP contribution is -3.15. The quantitative estimate of drug-likeness (QED) is 0.854. The Balaban J connectivity index is 2.05. The van der Waals surface area contributed by atoms with Gasteiger partial charge in [-0.15, -0.1) is 0 Å². The van der Waals surface area contributed by atoms with Crippen molar-refractivity contribution in [3.8, 4) is 5.75 Å². The van der Waals surface area contributed by atoms with Crippen molar-refractivity contribution in [2.45, 2.75) is 52.1 Å². The first kappa shape index (κ1) is 15.1. The Hall–Kier alpha value is -1.81. The van der Waals surface area contributed by atoms with Crippen LogP contribution in [-0.4, -0.2) is 17.7 Å². The number of phenolic OH excluding ortho intramolecular Hbond substituents is 1. The van der Waals surface area contributed by atoms with Crippen molar-refractivity contribution in [2.75, 3.05) is 6.54 Å². The molecule has 1 fully saturated rings. The Bertz CT molecular complexity index is 735. The summed E-state index contributed by atoms with van der Waals surface area (Å²) in [5.41, 5.74) is 1.87. The van der Waals surface area contributed by atoms with Crippen LogP contribution in [0.5, 0.6) is 5.75 Å². The highest BCUT2D eigenvalue weighted by Gasteiger charge is 2.27. The fourth-order valence-electron chi connectivity index (χ4n) is 3.70. The van der Waals surface area contributed by atoms with Crippen LogP contribution in [0.25, 0.3) is 11.0 Å². The van der Waals surface area contributed by atoms with E-state index in [-0.39, 0.29) is 11.4 Å². The molecule has 1 aliphatic heterocycles. The first-order valence-electron chi connectivity index (χ1n) is 8.20. The van der Waals surface area contributed by atoms with Crippen LogP contribution in [-0.2, 0) is 6.54 Å². The monoisotopic (exact) mass is 302 g/mol. The van der Waals surface area contributed by atoms with Gasteiger partial charge in [0.05, 0.1) is 18.2 Å². The van der Waals surface area contributed by atoms with Crippen LogP contribution < -0.4 is 10.5 Å². The zero-order valence-electron chi connectivity index (χ0n) is 13.3. The number of hydrogen-bond donors (Lipinski definition) is 2. The van der Waals surface area contributed by atoms with Crippen molar-refractivity contribution in [1.29, 1.82) is 0 Å². The molecular formula is C18H24NO3+. The van der Waals surface area contributed by atoms with Gasteiger partial charge in [0.2, 0.25) is 0 Å². The smallest absolute Gasteiger partial charge is 0.336 e. The van der Waals surface area contributed by atoms with E-state index >= 15 is 0 Å². The molecular weight excluding hydrogens is 278 g/mol. The average Bonchev–Trinajstić information content (AvgIpc) is 2.50.